The van der Waals surface area contributed by atoms with Crippen LogP contribution in [0.15, 0.2) is 18.3 Å². The minimum Gasteiger partial charge on any atom is -0.481 e. The van der Waals surface area contributed by atoms with Gasteiger partial charge in [-0.1, -0.05) is 0 Å². The summed E-state index contributed by atoms with van der Waals surface area (Å²) in [5.74, 6) is -2.73. The molecule has 2 amide bonds. The molecule has 0 unspecified atom stereocenters. The summed E-state index contributed by atoms with van der Waals surface area (Å²) < 4.78 is 0. The quantitative estimate of drug-likeness (QED) is 0.612. The van der Waals surface area contributed by atoms with Crippen molar-refractivity contribution >= 4 is 23.7 Å². The predicted octanol–water partition coefficient (Wildman–Crippen LogP) is 0.439. The molecule has 8 heteroatoms. The van der Waals surface area contributed by atoms with Gasteiger partial charge in [-0.05, 0) is 19.1 Å². The molecule has 1 aromatic heterocycles. The van der Waals surface area contributed by atoms with E-state index in [0.717, 1.165) is 0 Å². The van der Waals surface area contributed by atoms with Crippen molar-refractivity contribution in [3.05, 3.63) is 24.0 Å². The van der Waals surface area contributed by atoms with Crippen LogP contribution in [0.2, 0.25) is 0 Å². The SMILES string of the molecule is Cc1ncccc1NC(=O)N[C@H](CC(=O)O)C(=O)O. The monoisotopic (exact) mass is 267 g/mol. The van der Waals surface area contributed by atoms with Crippen molar-refractivity contribution in [3.63, 3.8) is 0 Å². The van der Waals surface area contributed by atoms with Crippen molar-refractivity contribution in [2.75, 3.05) is 5.32 Å². The largest absolute Gasteiger partial charge is 0.481 e. The lowest BCUT2D eigenvalue weighted by Gasteiger charge is -2.13. The van der Waals surface area contributed by atoms with Gasteiger partial charge in [0.25, 0.3) is 0 Å². The number of carbonyl (C=O) groups is 3. The molecule has 0 aliphatic rings. The minimum atomic E-state index is -1.49. The Hall–Kier alpha value is -2.64. The highest BCUT2D eigenvalue weighted by Gasteiger charge is 2.23. The lowest BCUT2D eigenvalue weighted by molar-refractivity contribution is -0.145. The molecule has 1 heterocycles. The Bertz CT molecular complexity index is 503. The van der Waals surface area contributed by atoms with E-state index in [1.165, 1.54) is 0 Å². The number of anilines is 1. The molecule has 0 aromatic carbocycles. The van der Waals surface area contributed by atoms with Gasteiger partial charge in [0.1, 0.15) is 6.04 Å². The highest BCUT2D eigenvalue weighted by molar-refractivity contribution is 5.93. The first kappa shape index (κ1) is 14.4. The van der Waals surface area contributed by atoms with Gasteiger partial charge in [0.2, 0.25) is 0 Å². The van der Waals surface area contributed by atoms with Gasteiger partial charge in [0.05, 0.1) is 17.8 Å². The third-order valence-electron chi connectivity index (χ3n) is 2.24. The summed E-state index contributed by atoms with van der Waals surface area (Å²) >= 11 is 0. The smallest absolute Gasteiger partial charge is 0.326 e. The molecule has 19 heavy (non-hydrogen) atoms. The first-order valence-electron chi connectivity index (χ1n) is 5.34. The Balaban J connectivity index is 2.65. The van der Waals surface area contributed by atoms with Crippen LogP contribution < -0.4 is 10.6 Å². The summed E-state index contributed by atoms with van der Waals surface area (Å²) in [5, 5.41) is 21.8. The number of hydrogen-bond donors (Lipinski definition) is 4. The van der Waals surface area contributed by atoms with Crippen LogP contribution in [0, 0.1) is 6.92 Å². The molecular formula is C11H13N3O5. The van der Waals surface area contributed by atoms with E-state index in [9.17, 15) is 14.4 Å². The minimum absolute atomic E-state index is 0.416. The van der Waals surface area contributed by atoms with Crippen molar-refractivity contribution in [3.8, 4) is 0 Å². The highest BCUT2D eigenvalue weighted by Crippen LogP contribution is 2.09. The Morgan fingerprint density at radius 2 is 2.05 bits per heavy atom. The number of carboxylic acids is 2. The second-order valence-corrected chi connectivity index (χ2v) is 3.72. The van der Waals surface area contributed by atoms with E-state index in [0.29, 0.717) is 11.4 Å². The summed E-state index contributed by atoms with van der Waals surface area (Å²) in [4.78, 5) is 36.7. The zero-order valence-electron chi connectivity index (χ0n) is 10.1. The molecule has 0 bridgehead atoms. The van der Waals surface area contributed by atoms with E-state index in [2.05, 4.69) is 15.6 Å². The van der Waals surface area contributed by atoms with Gasteiger partial charge >= 0.3 is 18.0 Å². The highest BCUT2D eigenvalue weighted by atomic mass is 16.4. The maximum absolute atomic E-state index is 11.6. The molecule has 1 atom stereocenters. The number of aromatic nitrogens is 1. The Kier molecular flexibility index (Phi) is 4.81. The van der Waals surface area contributed by atoms with Gasteiger partial charge in [-0.15, -0.1) is 0 Å². The molecule has 0 aliphatic heterocycles. The molecule has 0 saturated carbocycles. The number of nitrogens with zero attached hydrogens (tertiary/aromatic N) is 1. The molecule has 0 spiro atoms. The number of amides is 2. The number of carbonyl (C=O) groups excluding carboxylic acids is 1. The number of aryl methyl sites for hydroxylation is 1. The van der Waals surface area contributed by atoms with Crippen LogP contribution in [-0.2, 0) is 9.59 Å². The first-order chi connectivity index (χ1) is 8.90. The molecule has 102 valence electrons. The molecule has 1 rings (SSSR count). The summed E-state index contributed by atoms with van der Waals surface area (Å²) in [5.41, 5.74) is 0.974. The van der Waals surface area contributed by atoms with Gasteiger partial charge in [0, 0.05) is 6.20 Å². The molecule has 4 N–H and O–H groups in total. The molecule has 0 radical (unpaired) electrons. The number of carboxylic acid groups (broad SMARTS) is 2. The maximum atomic E-state index is 11.6. The van der Waals surface area contributed by atoms with Crippen LogP contribution in [0.25, 0.3) is 0 Å². The molecular weight excluding hydrogens is 254 g/mol. The van der Waals surface area contributed by atoms with E-state index in [4.69, 9.17) is 10.2 Å². The summed E-state index contributed by atoms with van der Waals surface area (Å²) in [6, 6.07) is 0.905. The maximum Gasteiger partial charge on any atom is 0.326 e. The number of hydrogen-bond acceptors (Lipinski definition) is 4. The zero-order valence-corrected chi connectivity index (χ0v) is 10.1. The van der Waals surface area contributed by atoms with Crippen molar-refractivity contribution in [1.29, 1.82) is 0 Å². The molecule has 0 aliphatic carbocycles. The lowest BCUT2D eigenvalue weighted by atomic mass is 10.2. The molecule has 0 saturated heterocycles. The van der Waals surface area contributed by atoms with Crippen LogP contribution in [0.4, 0.5) is 10.5 Å². The van der Waals surface area contributed by atoms with Crippen molar-refractivity contribution < 1.29 is 24.6 Å². The average Bonchev–Trinajstić information content (AvgIpc) is 2.30. The fourth-order valence-corrected chi connectivity index (χ4v) is 1.31. The number of rotatable bonds is 5. The second-order valence-electron chi connectivity index (χ2n) is 3.72. The first-order valence-corrected chi connectivity index (χ1v) is 5.34. The Labute approximate surface area is 108 Å². The Morgan fingerprint density at radius 1 is 1.37 bits per heavy atom. The van der Waals surface area contributed by atoms with Gasteiger partial charge in [0.15, 0.2) is 0 Å². The Morgan fingerprint density at radius 3 is 2.58 bits per heavy atom. The second kappa shape index (κ2) is 6.34. The van der Waals surface area contributed by atoms with Gasteiger partial charge < -0.3 is 20.8 Å². The fraction of sp³-hybridized carbons (Fsp3) is 0.273. The molecule has 0 fully saturated rings. The molecule has 1 aromatic rings. The fourth-order valence-electron chi connectivity index (χ4n) is 1.31. The van der Waals surface area contributed by atoms with E-state index in [1.54, 1.807) is 25.3 Å². The van der Waals surface area contributed by atoms with Crippen LogP contribution in [-0.4, -0.2) is 39.2 Å². The third-order valence-corrected chi connectivity index (χ3v) is 2.24. The summed E-state index contributed by atoms with van der Waals surface area (Å²) in [7, 11) is 0. The summed E-state index contributed by atoms with van der Waals surface area (Å²) in [6.45, 7) is 1.67. The standard InChI is InChI=1S/C11H13N3O5/c1-6-7(3-2-4-12-6)13-11(19)14-8(10(17)18)5-9(15)16/h2-4,8H,5H2,1H3,(H,15,16)(H,17,18)(H2,13,14,19)/t8-/m1/s1. The third kappa shape index (κ3) is 4.62. The zero-order chi connectivity index (χ0) is 14.4. The predicted molar refractivity (Wildman–Crippen MR) is 64.8 cm³/mol. The number of aliphatic carboxylic acids is 2. The summed E-state index contributed by atoms with van der Waals surface area (Å²) in [6.07, 6.45) is 0.845. The number of pyridine rings is 1. The van der Waals surface area contributed by atoms with Crippen molar-refractivity contribution in [2.45, 2.75) is 19.4 Å². The van der Waals surface area contributed by atoms with Gasteiger partial charge in [-0.25, -0.2) is 9.59 Å². The van der Waals surface area contributed by atoms with Crippen LogP contribution in [0.5, 0.6) is 0 Å². The lowest BCUT2D eigenvalue weighted by Crippen LogP contribution is -2.44. The number of nitrogens with one attached hydrogen (secondary N) is 2. The van der Waals surface area contributed by atoms with Crippen LogP contribution in [0.1, 0.15) is 12.1 Å². The van der Waals surface area contributed by atoms with E-state index in [-0.39, 0.29) is 0 Å². The van der Waals surface area contributed by atoms with E-state index >= 15 is 0 Å². The van der Waals surface area contributed by atoms with Gasteiger partial charge in [-0.2, -0.15) is 0 Å². The average molecular weight is 267 g/mol. The normalized spacial score (nSPS) is 11.4. The van der Waals surface area contributed by atoms with Crippen molar-refractivity contribution in [1.82, 2.24) is 10.3 Å². The van der Waals surface area contributed by atoms with Crippen molar-refractivity contribution in [2.24, 2.45) is 0 Å². The topological polar surface area (TPSA) is 129 Å². The molecule has 8 nitrogen and oxygen atoms in total. The van der Waals surface area contributed by atoms with Crippen LogP contribution in [0.3, 0.4) is 0 Å². The van der Waals surface area contributed by atoms with E-state index in [1.807, 2.05) is 0 Å². The van der Waals surface area contributed by atoms with E-state index < -0.39 is 30.4 Å². The van der Waals surface area contributed by atoms with Crippen LogP contribution >= 0.6 is 0 Å². The van der Waals surface area contributed by atoms with Gasteiger partial charge in [-0.3, -0.25) is 9.78 Å². The number of urea groups is 1.